The molecule has 34 heavy (non-hydrogen) atoms. The van der Waals surface area contributed by atoms with Gasteiger partial charge in [-0.1, -0.05) is 77.8 Å². The lowest BCUT2D eigenvalue weighted by atomic mass is 10.0. The minimum absolute atomic E-state index is 0.00834. The van der Waals surface area contributed by atoms with E-state index >= 15 is 0 Å². The van der Waals surface area contributed by atoms with Crippen molar-refractivity contribution < 1.29 is 14.0 Å². The lowest BCUT2D eigenvalue weighted by Gasteiger charge is -2.32. The molecule has 0 aliphatic rings. The molecule has 178 valence electrons. The van der Waals surface area contributed by atoms with E-state index in [4.69, 9.17) is 23.2 Å². The van der Waals surface area contributed by atoms with Gasteiger partial charge < -0.3 is 10.2 Å². The van der Waals surface area contributed by atoms with Gasteiger partial charge >= 0.3 is 0 Å². The average molecular weight is 501 g/mol. The summed E-state index contributed by atoms with van der Waals surface area (Å²) in [5, 5.41) is 3.64. The topological polar surface area (TPSA) is 49.4 Å². The Bertz CT molecular complexity index is 1140. The summed E-state index contributed by atoms with van der Waals surface area (Å²) in [5.74, 6) is -1.04. The van der Waals surface area contributed by atoms with Gasteiger partial charge in [-0.05, 0) is 43.2 Å². The maximum absolute atomic E-state index is 14.6. The van der Waals surface area contributed by atoms with Crippen molar-refractivity contribution >= 4 is 35.0 Å². The van der Waals surface area contributed by atoms with Crippen LogP contribution in [0.4, 0.5) is 4.39 Å². The molecule has 7 heteroatoms. The molecule has 3 rings (SSSR count). The summed E-state index contributed by atoms with van der Waals surface area (Å²) in [6, 6.07) is 19.7. The first-order chi connectivity index (χ1) is 16.2. The van der Waals surface area contributed by atoms with Crippen molar-refractivity contribution in [2.75, 3.05) is 0 Å². The second kappa shape index (κ2) is 12.0. The Morgan fingerprint density at radius 2 is 1.59 bits per heavy atom. The molecule has 1 N–H and O–H groups in total. The molecule has 0 fully saturated rings. The molecule has 4 nitrogen and oxygen atoms in total. The summed E-state index contributed by atoms with van der Waals surface area (Å²) in [7, 11) is 0. The molecule has 3 aromatic carbocycles. The van der Waals surface area contributed by atoms with Crippen molar-refractivity contribution in [3.05, 3.63) is 105 Å². The van der Waals surface area contributed by atoms with Crippen molar-refractivity contribution in [1.29, 1.82) is 0 Å². The van der Waals surface area contributed by atoms with Gasteiger partial charge in [0.05, 0.1) is 16.5 Å². The number of hydrogen-bond acceptors (Lipinski definition) is 2. The number of nitrogens with zero attached hydrogens (tertiary/aromatic N) is 1. The standard InChI is InChI=1S/C27H27Cl2FN2O2/c1-18(2)31-27(34)25(15-19-8-4-3-5-9-19)32(17-21-10-6-7-11-24(21)30)26(33)16-20-12-13-22(28)23(29)14-20/h3-14,18,25H,15-17H2,1-2H3,(H,31,34)/t25-/m0/s1. The highest BCUT2D eigenvalue weighted by Gasteiger charge is 2.31. The molecule has 0 saturated carbocycles. The van der Waals surface area contributed by atoms with Crippen molar-refractivity contribution in [1.82, 2.24) is 10.2 Å². The molecular weight excluding hydrogens is 474 g/mol. The number of benzene rings is 3. The smallest absolute Gasteiger partial charge is 0.243 e. The summed E-state index contributed by atoms with van der Waals surface area (Å²) in [6.45, 7) is 3.67. The first kappa shape index (κ1) is 25.7. The van der Waals surface area contributed by atoms with Crippen molar-refractivity contribution in [3.63, 3.8) is 0 Å². The molecule has 2 amide bonds. The lowest BCUT2D eigenvalue weighted by molar-refractivity contribution is -0.141. The van der Waals surface area contributed by atoms with Crippen LogP contribution in [-0.4, -0.2) is 28.8 Å². The molecule has 0 aromatic heterocycles. The van der Waals surface area contributed by atoms with E-state index in [0.29, 0.717) is 27.6 Å². The van der Waals surface area contributed by atoms with Crippen LogP contribution in [0, 0.1) is 5.82 Å². The molecule has 0 bridgehead atoms. The zero-order chi connectivity index (χ0) is 24.7. The fourth-order valence-corrected chi connectivity index (χ4v) is 3.99. The van der Waals surface area contributed by atoms with Crippen LogP contribution >= 0.6 is 23.2 Å². The van der Waals surface area contributed by atoms with Gasteiger partial charge in [-0.3, -0.25) is 9.59 Å². The number of rotatable bonds is 9. The van der Waals surface area contributed by atoms with E-state index in [1.807, 2.05) is 44.2 Å². The third-order valence-electron chi connectivity index (χ3n) is 5.34. The van der Waals surface area contributed by atoms with Crippen LogP contribution in [0.25, 0.3) is 0 Å². The van der Waals surface area contributed by atoms with E-state index < -0.39 is 11.9 Å². The van der Waals surface area contributed by atoms with Gasteiger partial charge in [-0.25, -0.2) is 4.39 Å². The van der Waals surface area contributed by atoms with Gasteiger partial charge in [-0.15, -0.1) is 0 Å². The van der Waals surface area contributed by atoms with E-state index in [-0.39, 0.29) is 30.8 Å². The van der Waals surface area contributed by atoms with Crippen molar-refractivity contribution in [2.24, 2.45) is 0 Å². The quantitative estimate of drug-likeness (QED) is 0.401. The number of halogens is 3. The van der Waals surface area contributed by atoms with Crippen LogP contribution in [-0.2, 0) is 29.0 Å². The zero-order valence-corrected chi connectivity index (χ0v) is 20.6. The number of nitrogens with one attached hydrogen (secondary N) is 1. The summed E-state index contributed by atoms with van der Waals surface area (Å²) in [5.41, 5.74) is 1.88. The molecule has 0 unspecified atom stereocenters. The Labute approximate surface area is 209 Å². The van der Waals surface area contributed by atoms with E-state index in [0.717, 1.165) is 5.56 Å². The van der Waals surface area contributed by atoms with Gasteiger partial charge in [0, 0.05) is 24.6 Å². The summed E-state index contributed by atoms with van der Waals surface area (Å²) >= 11 is 12.1. The van der Waals surface area contributed by atoms with E-state index in [9.17, 15) is 14.0 Å². The van der Waals surface area contributed by atoms with E-state index in [2.05, 4.69) is 5.32 Å². The average Bonchev–Trinajstić information content (AvgIpc) is 2.80. The SMILES string of the molecule is CC(C)NC(=O)[C@H](Cc1ccccc1)N(Cc1ccccc1F)C(=O)Cc1ccc(Cl)c(Cl)c1. The Kier molecular flexibility index (Phi) is 9.08. The minimum atomic E-state index is -0.834. The summed E-state index contributed by atoms with van der Waals surface area (Å²) < 4.78 is 14.6. The Balaban J connectivity index is 1.99. The fourth-order valence-electron chi connectivity index (χ4n) is 3.67. The first-order valence-electron chi connectivity index (χ1n) is 11.1. The lowest BCUT2D eigenvalue weighted by Crippen LogP contribution is -2.52. The molecule has 0 heterocycles. The molecule has 0 spiro atoms. The van der Waals surface area contributed by atoms with Crippen molar-refractivity contribution in [3.8, 4) is 0 Å². The fraction of sp³-hybridized carbons (Fsp3) is 0.259. The second-order valence-electron chi connectivity index (χ2n) is 8.41. The zero-order valence-electron chi connectivity index (χ0n) is 19.1. The second-order valence-corrected chi connectivity index (χ2v) is 9.22. The van der Waals surface area contributed by atoms with Gasteiger partial charge in [0.15, 0.2) is 0 Å². The molecule has 1 atom stereocenters. The third kappa shape index (κ3) is 7.05. The largest absolute Gasteiger partial charge is 0.352 e. The van der Waals surface area contributed by atoms with E-state index in [1.165, 1.54) is 11.0 Å². The first-order valence-corrected chi connectivity index (χ1v) is 11.8. The maximum Gasteiger partial charge on any atom is 0.243 e. The summed E-state index contributed by atoms with van der Waals surface area (Å²) in [6.07, 6.45) is 0.284. The highest BCUT2D eigenvalue weighted by Crippen LogP contribution is 2.24. The van der Waals surface area contributed by atoms with Crippen molar-refractivity contribution in [2.45, 2.75) is 45.3 Å². The summed E-state index contributed by atoms with van der Waals surface area (Å²) in [4.78, 5) is 28.3. The normalized spacial score (nSPS) is 11.8. The molecule has 0 aliphatic carbocycles. The van der Waals surface area contributed by atoms with Gasteiger partial charge in [0.2, 0.25) is 11.8 Å². The highest BCUT2D eigenvalue weighted by atomic mass is 35.5. The van der Waals surface area contributed by atoms with E-state index in [1.54, 1.807) is 36.4 Å². The van der Waals surface area contributed by atoms with Crippen LogP contribution in [0.5, 0.6) is 0 Å². The maximum atomic E-state index is 14.6. The number of amides is 2. The van der Waals surface area contributed by atoms with Crippen LogP contribution in [0.1, 0.15) is 30.5 Å². The molecule has 0 saturated heterocycles. The number of carbonyl (C=O) groups is 2. The van der Waals surface area contributed by atoms with Crippen LogP contribution in [0.3, 0.4) is 0 Å². The third-order valence-corrected chi connectivity index (χ3v) is 6.08. The highest BCUT2D eigenvalue weighted by molar-refractivity contribution is 6.42. The number of carbonyl (C=O) groups excluding carboxylic acids is 2. The molecule has 3 aromatic rings. The molecule has 0 radical (unpaired) electrons. The monoisotopic (exact) mass is 500 g/mol. The molecule has 0 aliphatic heterocycles. The van der Waals surface area contributed by atoms with Gasteiger partial charge in [-0.2, -0.15) is 0 Å². The van der Waals surface area contributed by atoms with Crippen LogP contribution < -0.4 is 5.32 Å². The Morgan fingerprint density at radius 1 is 0.912 bits per heavy atom. The molecular formula is C27H27Cl2FN2O2. The van der Waals surface area contributed by atoms with Crippen LogP contribution in [0.2, 0.25) is 10.0 Å². The van der Waals surface area contributed by atoms with Gasteiger partial charge in [0.25, 0.3) is 0 Å². The Hall–Kier alpha value is -2.89. The minimum Gasteiger partial charge on any atom is -0.352 e. The predicted octanol–water partition coefficient (Wildman–Crippen LogP) is 5.84. The number of hydrogen-bond donors (Lipinski definition) is 1. The predicted molar refractivity (Wildman–Crippen MR) is 134 cm³/mol. The van der Waals surface area contributed by atoms with Crippen LogP contribution in [0.15, 0.2) is 72.8 Å². The van der Waals surface area contributed by atoms with Gasteiger partial charge in [0.1, 0.15) is 11.9 Å². The Morgan fingerprint density at radius 3 is 2.24 bits per heavy atom.